The molecule has 1 heterocycles. The summed E-state index contributed by atoms with van der Waals surface area (Å²) in [4.78, 5) is 61.0. The highest BCUT2D eigenvalue weighted by Gasteiger charge is 2.49. The molecule has 0 aliphatic carbocycles. The molecule has 156 valence electrons. The number of ketones is 1. The molecular weight excluding hydrogens is 378 g/mol. The van der Waals surface area contributed by atoms with Crippen LogP contribution in [0.15, 0.2) is 24.3 Å². The van der Waals surface area contributed by atoms with Gasteiger partial charge >= 0.3 is 12.0 Å². The topological polar surface area (TPSA) is 122 Å². The lowest BCUT2D eigenvalue weighted by atomic mass is 9.93. The number of Topliss-reactive ketones (excluding diaryl/α,β-unsaturated/α-hetero) is 1. The fraction of sp³-hybridized carbons (Fsp3) is 0.450. The van der Waals surface area contributed by atoms with Gasteiger partial charge in [-0.2, -0.15) is 0 Å². The first-order valence-electron chi connectivity index (χ1n) is 9.39. The van der Waals surface area contributed by atoms with Gasteiger partial charge in [0.05, 0.1) is 0 Å². The van der Waals surface area contributed by atoms with Crippen molar-refractivity contribution in [2.75, 3.05) is 11.9 Å². The number of ether oxygens (including phenoxy) is 1. The number of imide groups is 1. The first-order chi connectivity index (χ1) is 13.6. The van der Waals surface area contributed by atoms with Crippen LogP contribution in [0.3, 0.4) is 0 Å². The van der Waals surface area contributed by atoms with Crippen molar-refractivity contribution in [1.82, 2.24) is 10.2 Å². The molecule has 1 saturated heterocycles. The number of urea groups is 1. The standard InChI is InChI=1S/C20H25N3O6/c1-5-20(6-2)18(27)23(19(28)22-20)11-16(25)29-13(4)17(26)21-15-9-7-14(8-10-15)12(3)24/h7-10,13H,5-6,11H2,1-4H3,(H,21,26)(H,22,28)/t13-/m0/s1. The maximum atomic E-state index is 12.5. The van der Waals surface area contributed by atoms with Crippen molar-refractivity contribution >= 4 is 35.3 Å². The summed E-state index contributed by atoms with van der Waals surface area (Å²) in [6.45, 7) is 5.80. The highest BCUT2D eigenvalue weighted by molar-refractivity contribution is 6.08. The van der Waals surface area contributed by atoms with E-state index < -0.39 is 42.0 Å². The molecule has 9 heteroatoms. The van der Waals surface area contributed by atoms with E-state index in [1.807, 2.05) is 0 Å². The molecule has 1 aliphatic heterocycles. The first-order valence-corrected chi connectivity index (χ1v) is 9.39. The second kappa shape index (κ2) is 8.85. The Morgan fingerprint density at radius 3 is 2.21 bits per heavy atom. The van der Waals surface area contributed by atoms with Gasteiger partial charge in [-0.3, -0.25) is 24.1 Å². The van der Waals surface area contributed by atoms with Crippen LogP contribution in [0.5, 0.6) is 0 Å². The van der Waals surface area contributed by atoms with Gasteiger partial charge < -0.3 is 15.4 Å². The second-order valence-corrected chi connectivity index (χ2v) is 6.87. The number of amides is 4. The van der Waals surface area contributed by atoms with E-state index in [1.165, 1.54) is 13.8 Å². The van der Waals surface area contributed by atoms with Gasteiger partial charge in [0.1, 0.15) is 12.1 Å². The summed E-state index contributed by atoms with van der Waals surface area (Å²) >= 11 is 0. The molecule has 0 spiro atoms. The quantitative estimate of drug-likeness (QED) is 0.388. The zero-order valence-corrected chi connectivity index (χ0v) is 16.9. The first kappa shape index (κ1) is 22.1. The molecule has 1 aliphatic rings. The van der Waals surface area contributed by atoms with Crippen molar-refractivity contribution in [2.45, 2.75) is 52.2 Å². The van der Waals surface area contributed by atoms with Crippen molar-refractivity contribution < 1.29 is 28.7 Å². The third-order valence-corrected chi connectivity index (χ3v) is 4.98. The van der Waals surface area contributed by atoms with Crippen LogP contribution in [-0.2, 0) is 19.1 Å². The normalized spacial score (nSPS) is 16.2. The van der Waals surface area contributed by atoms with Crippen molar-refractivity contribution in [1.29, 1.82) is 0 Å². The molecule has 1 aromatic carbocycles. The summed E-state index contributed by atoms with van der Waals surface area (Å²) in [6.07, 6.45) is -0.334. The summed E-state index contributed by atoms with van der Waals surface area (Å²) in [5.74, 6) is -2.03. The fourth-order valence-electron chi connectivity index (χ4n) is 3.00. The summed E-state index contributed by atoms with van der Waals surface area (Å²) in [5.41, 5.74) is -0.0641. The van der Waals surface area contributed by atoms with E-state index in [-0.39, 0.29) is 5.78 Å². The minimum absolute atomic E-state index is 0.0964. The Morgan fingerprint density at radius 1 is 1.14 bits per heavy atom. The summed E-state index contributed by atoms with van der Waals surface area (Å²) in [6, 6.07) is 5.61. The number of hydrogen-bond acceptors (Lipinski definition) is 6. The Morgan fingerprint density at radius 2 is 1.72 bits per heavy atom. The molecule has 0 radical (unpaired) electrons. The summed E-state index contributed by atoms with van der Waals surface area (Å²) < 4.78 is 5.06. The number of rotatable bonds is 8. The van der Waals surface area contributed by atoms with Crippen LogP contribution >= 0.6 is 0 Å². The Hall–Kier alpha value is -3.23. The van der Waals surface area contributed by atoms with Crippen LogP contribution in [0.4, 0.5) is 10.5 Å². The molecule has 2 N–H and O–H groups in total. The third-order valence-electron chi connectivity index (χ3n) is 4.98. The molecule has 1 aromatic rings. The zero-order valence-electron chi connectivity index (χ0n) is 16.9. The lowest BCUT2D eigenvalue weighted by Gasteiger charge is -2.23. The predicted octanol–water partition coefficient (Wildman–Crippen LogP) is 1.87. The van der Waals surface area contributed by atoms with E-state index in [1.54, 1.807) is 38.1 Å². The maximum absolute atomic E-state index is 12.5. The van der Waals surface area contributed by atoms with Crippen molar-refractivity contribution in [3.63, 3.8) is 0 Å². The SMILES string of the molecule is CCC1(CC)NC(=O)N(CC(=O)O[C@@H](C)C(=O)Nc2ccc(C(C)=O)cc2)C1=O. The number of nitrogens with one attached hydrogen (secondary N) is 2. The van der Waals surface area contributed by atoms with Crippen LogP contribution in [-0.4, -0.2) is 52.7 Å². The Kier molecular flexibility index (Phi) is 6.73. The number of hydrogen-bond donors (Lipinski definition) is 2. The van der Waals surface area contributed by atoms with E-state index in [2.05, 4.69) is 10.6 Å². The average molecular weight is 403 g/mol. The van der Waals surface area contributed by atoms with Gasteiger partial charge in [-0.05, 0) is 51.0 Å². The van der Waals surface area contributed by atoms with E-state index in [0.717, 1.165) is 4.90 Å². The molecule has 0 saturated carbocycles. The molecular formula is C20H25N3O6. The summed E-state index contributed by atoms with van der Waals surface area (Å²) in [7, 11) is 0. The van der Waals surface area contributed by atoms with Gasteiger partial charge in [-0.25, -0.2) is 4.79 Å². The molecule has 1 atom stereocenters. The zero-order chi connectivity index (χ0) is 21.8. The minimum Gasteiger partial charge on any atom is -0.451 e. The smallest absolute Gasteiger partial charge is 0.327 e. The molecule has 1 fully saturated rings. The lowest BCUT2D eigenvalue weighted by molar-refractivity contribution is -0.155. The van der Waals surface area contributed by atoms with Gasteiger partial charge in [0.25, 0.3) is 11.8 Å². The van der Waals surface area contributed by atoms with Crippen molar-refractivity contribution in [3.05, 3.63) is 29.8 Å². The van der Waals surface area contributed by atoms with Crippen LogP contribution in [0.1, 0.15) is 50.9 Å². The van der Waals surface area contributed by atoms with Crippen LogP contribution in [0.2, 0.25) is 0 Å². The number of esters is 1. The highest BCUT2D eigenvalue weighted by atomic mass is 16.5. The van der Waals surface area contributed by atoms with Crippen LogP contribution in [0, 0.1) is 0 Å². The fourth-order valence-corrected chi connectivity index (χ4v) is 3.00. The van der Waals surface area contributed by atoms with Gasteiger partial charge in [-0.15, -0.1) is 0 Å². The molecule has 4 amide bonds. The van der Waals surface area contributed by atoms with E-state index >= 15 is 0 Å². The van der Waals surface area contributed by atoms with Gasteiger partial charge in [0.2, 0.25) is 0 Å². The van der Waals surface area contributed by atoms with Gasteiger partial charge in [0, 0.05) is 11.3 Å². The van der Waals surface area contributed by atoms with Crippen LogP contribution in [0.25, 0.3) is 0 Å². The molecule has 0 aromatic heterocycles. The number of nitrogens with zero attached hydrogens (tertiary/aromatic N) is 1. The third kappa shape index (κ3) is 4.79. The van der Waals surface area contributed by atoms with Crippen LogP contribution < -0.4 is 10.6 Å². The van der Waals surface area contributed by atoms with E-state index in [4.69, 9.17) is 4.74 Å². The molecule has 2 rings (SSSR count). The number of anilines is 1. The highest BCUT2D eigenvalue weighted by Crippen LogP contribution is 2.24. The number of carbonyl (C=O) groups is 5. The average Bonchev–Trinajstić information content (AvgIpc) is 2.92. The Balaban J connectivity index is 1.93. The number of carbonyl (C=O) groups excluding carboxylic acids is 5. The number of benzene rings is 1. The van der Waals surface area contributed by atoms with E-state index in [9.17, 15) is 24.0 Å². The van der Waals surface area contributed by atoms with Crippen molar-refractivity contribution in [3.8, 4) is 0 Å². The lowest BCUT2D eigenvalue weighted by Crippen LogP contribution is -2.46. The van der Waals surface area contributed by atoms with E-state index in [0.29, 0.717) is 24.1 Å². The Bertz CT molecular complexity index is 829. The molecule has 29 heavy (non-hydrogen) atoms. The minimum atomic E-state index is -1.14. The maximum Gasteiger partial charge on any atom is 0.327 e. The largest absolute Gasteiger partial charge is 0.451 e. The predicted molar refractivity (Wildman–Crippen MR) is 104 cm³/mol. The molecule has 9 nitrogen and oxygen atoms in total. The summed E-state index contributed by atoms with van der Waals surface area (Å²) in [5, 5.41) is 5.19. The van der Waals surface area contributed by atoms with Gasteiger partial charge in [0.15, 0.2) is 11.9 Å². The Labute approximate surface area is 168 Å². The molecule has 0 unspecified atom stereocenters. The van der Waals surface area contributed by atoms with Crippen molar-refractivity contribution in [2.24, 2.45) is 0 Å². The molecule has 0 bridgehead atoms. The second-order valence-electron chi connectivity index (χ2n) is 6.87. The monoisotopic (exact) mass is 403 g/mol. The van der Waals surface area contributed by atoms with Gasteiger partial charge in [-0.1, -0.05) is 13.8 Å².